The first kappa shape index (κ1) is 15.3. The van der Waals surface area contributed by atoms with E-state index < -0.39 is 0 Å². The van der Waals surface area contributed by atoms with Gasteiger partial charge in [0.15, 0.2) is 5.69 Å². The first-order valence-corrected chi connectivity index (χ1v) is 7.91. The van der Waals surface area contributed by atoms with Crippen molar-refractivity contribution in [1.29, 1.82) is 0 Å². The normalized spacial score (nSPS) is 16.0. The SMILES string of the molecule is CCCNC(=O)c1[nH]cnc1C(=O)N[C@H]1CCc2ccccc21. The molecule has 0 saturated carbocycles. The molecular formula is C17H20N4O2. The maximum atomic E-state index is 12.5. The van der Waals surface area contributed by atoms with Gasteiger partial charge < -0.3 is 15.6 Å². The minimum atomic E-state index is -0.324. The van der Waals surface area contributed by atoms with E-state index in [1.165, 1.54) is 11.9 Å². The van der Waals surface area contributed by atoms with Crippen molar-refractivity contribution in [3.8, 4) is 0 Å². The minimum Gasteiger partial charge on any atom is -0.351 e. The van der Waals surface area contributed by atoms with E-state index in [4.69, 9.17) is 0 Å². The van der Waals surface area contributed by atoms with Crippen molar-refractivity contribution in [2.24, 2.45) is 0 Å². The van der Waals surface area contributed by atoms with Gasteiger partial charge in [0.25, 0.3) is 11.8 Å². The fourth-order valence-electron chi connectivity index (χ4n) is 2.90. The van der Waals surface area contributed by atoms with Gasteiger partial charge in [-0.1, -0.05) is 31.2 Å². The van der Waals surface area contributed by atoms with E-state index in [1.54, 1.807) is 0 Å². The van der Waals surface area contributed by atoms with Crippen LogP contribution in [0.2, 0.25) is 0 Å². The molecule has 2 aromatic rings. The van der Waals surface area contributed by atoms with E-state index in [1.807, 2.05) is 25.1 Å². The van der Waals surface area contributed by atoms with Crippen LogP contribution in [0.5, 0.6) is 0 Å². The predicted octanol–water partition coefficient (Wildman–Crippen LogP) is 1.97. The number of aromatic nitrogens is 2. The van der Waals surface area contributed by atoms with Gasteiger partial charge in [0, 0.05) is 6.54 Å². The highest BCUT2D eigenvalue weighted by molar-refractivity contribution is 6.04. The van der Waals surface area contributed by atoms with Crippen LogP contribution in [0, 0.1) is 0 Å². The Bertz CT molecular complexity index is 723. The lowest BCUT2D eigenvalue weighted by molar-refractivity contribution is 0.0904. The van der Waals surface area contributed by atoms with Crippen LogP contribution in [-0.4, -0.2) is 28.3 Å². The number of benzene rings is 1. The fraction of sp³-hybridized carbons (Fsp3) is 0.353. The standard InChI is InChI=1S/C17H20N4O2/c1-2-9-18-16(22)14-15(20-10-19-14)17(23)21-13-8-7-11-5-3-4-6-12(11)13/h3-6,10,13H,2,7-9H2,1H3,(H,18,22)(H,19,20)(H,21,23)/t13-/m0/s1. The Kier molecular flexibility index (Phi) is 4.41. The van der Waals surface area contributed by atoms with Crippen LogP contribution in [-0.2, 0) is 6.42 Å². The molecule has 0 aliphatic heterocycles. The first-order chi connectivity index (χ1) is 11.2. The van der Waals surface area contributed by atoms with Crippen LogP contribution < -0.4 is 10.6 Å². The van der Waals surface area contributed by atoms with Crippen molar-refractivity contribution in [3.05, 3.63) is 53.1 Å². The predicted molar refractivity (Wildman–Crippen MR) is 86.2 cm³/mol. The maximum Gasteiger partial charge on any atom is 0.272 e. The summed E-state index contributed by atoms with van der Waals surface area (Å²) in [5.41, 5.74) is 2.76. The van der Waals surface area contributed by atoms with E-state index in [0.717, 1.165) is 24.8 Å². The Balaban J connectivity index is 1.73. The average molecular weight is 312 g/mol. The minimum absolute atomic E-state index is 0.0260. The zero-order chi connectivity index (χ0) is 16.2. The highest BCUT2D eigenvalue weighted by atomic mass is 16.2. The summed E-state index contributed by atoms with van der Waals surface area (Å²) in [7, 11) is 0. The summed E-state index contributed by atoms with van der Waals surface area (Å²) < 4.78 is 0. The molecule has 1 aromatic heterocycles. The molecule has 1 aliphatic rings. The number of carbonyl (C=O) groups excluding carboxylic acids is 2. The molecule has 0 unspecified atom stereocenters. The number of fused-ring (bicyclic) bond motifs is 1. The molecule has 0 spiro atoms. The summed E-state index contributed by atoms with van der Waals surface area (Å²) >= 11 is 0. The van der Waals surface area contributed by atoms with Gasteiger partial charge in [0.2, 0.25) is 0 Å². The van der Waals surface area contributed by atoms with E-state index >= 15 is 0 Å². The molecule has 23 heavy (non-hydrogen) atoms. The van der Waals surface area contributed by atoms with Gasteiger partial charge in [-0.15, -0.1) is 0 Å². The average Bonchev–Trinajstić information content (AvgIpc) is 3.20. The van der Waals surface area contributed by atoms with Crippen LogP contribution in [0.1, 0.15) is 57.9 Å². The zero-order valence-corrected chi connectivity index (χ0v) is 13.1. The van der Waals surface area contributed by atoms with Crippen molar-refractivity contribution >= 4 is 11.8 Å². The van der Waals surface area contributed by atoms with Gasteiger partial charge >= 0.3 is 0 Å². The largest absolute Gasteiger partial charge is 0.351 e. The lowest BCUT2D eigenvalue weighted by Crippen LogP contribution is -2.31. The molecule has 6 nitrogen and oxygen atoms in total. The molecule has 1 atom stereocenters. The lowest BCUT2D eigenvalue weighted by Gasteiger charge is -2.13. The number of amides is 2. The van der Waals surface area contributed by atoms with E-state index in [9.17, 15) is 9.59 Å². The Morgan fingerprint density at radius 3 is 2.96 bits per heavy atom. The number of hydrogen-bond acceptors (Lipinski definition) is 3. The first-order valence-electron chi connectivity index (χ1n) is 7.91. The van der Waals surface area contributed by atoms with Crippen molar-refractivity contribution in [1.82, 2.24) is 20.6 Å². The summed E-state index contributed by atoms with van der Waals surface area (Å²) in [6, 6.07) is 8.07. The Labute approximate surface area is 134 Å². The van der Waals surface area contributed by atoms with Crippen molar-refractivity contribution < 1.29 is 9.59 Å². The molecule has 3 N–H and O–H groups in total. The summed E-state index contributed by atoms with van der Waals surface area (Å²) in [5.74, 6) is -0.629. The number of rotatable bonds is 5. The molecule has 0 saturated heterocycles. The summed E-state index contributed by atoms with van der Waals surface area (Å²) in [6.45, 7) is 2.54. The van der Waals surface area contributed by atoms with Crippen LogP contribution in [0.3, 0.4) is 0 Å². The molecule has 1 aliphatic carbocycles. The third-order valence-corrected chi connectivity index (χ3v) is 4.06. The van der Waals surface area contributed by atoms with Crippen LogP contribution in [0.15, 0.2) is 30.6 Å². The van der Waals surface area contributed by atoms with Crippen LogP contribution in [0.25, 0.3) is 0 Å². The fourth-order valence-corrected chi connectivity index (χ4v) is 2.90. The lowest BCUT2D eigenvalue weighted by atomic mass is 10.1. The van der Waals surface area contributed by atoms with E-state index in [2.05, 4.69) is 26.7 Å². The highest BCUT2D eigenvalue weighted by Crippen LogP contribution is 2.30. The highest BCUT2D eigenvalue weighted by Gasteiger charge is 2.26. The smallest absolute Gasteiger partial charge is 0.272 e. The molecule has 6 heteroatoms. The Morgan fingerprint density at radius 1 is 1.30 bits per heavy atom. The number of imidazole rings is 1. The molecule has 1 aromatic carbocycles. The number of H-pyrrole nitrogens is 1. The molecule has 0 bridgehead atoms. The summed E-state index contributed by atoms with van der Waals surface area (Å²) in [6.07, 6.45) is 4.02. The molecule has 0 radical (unpaired) electrons. The number of aromatic amines is 1. The van der Waals surface area contributed by atoms with Crippen LogP contribution >= 0.6 is 0 Å². The zero-order valence-electron chi connectivity index (χ0n) is 13.1. The Morgan fingerprint density at radius 2 is 2.13 bits per heavy atom. The quantitative estimate of drug-likeness (QED) is 0.789. The molecule has 120 valence electrons. The third-order valence-electron chi connectivity index (χ3n) is 4.06. The molecular weight excluding hydrogens is 292 g/mol. The second-order valence-corrected chi connectivity index (χ2v) is 5.65. The van der Waals surface area contributed by atoms with E-state index in [-0.39, 0.29) is 29.2 Å². The molecule has 3 rings (SSSR count). The number of aryl methyl sites for hydroxylation is 1. The Hall–Kier alpha value is -2.63. The van der Waals surface area contributed by atoms with Crippen molar-refractivity contribution in [3.63, 3.8) is 0 Å². The van der Waals surface area contributed by atoms with Crippen LogP contribution in [0.4, 0.5) is 0 Å². The molecule has 0 fully saturated rings. The number of hydrogen-bond donors (Lipinski definition) is 3. The number of nitrogens with zero attached hydrogens (tertiary/aromatic N) is 1. The molecule has 1 heterocycles. The number of carbonyl (C=O) groups is 2. The van der Waals surface area contributed by atoms with Gasteiger partial charge in [-0.05, 0) is 30.4 Å². The van der Waals surface area contributed by atoms with Gasteiger partial charge in [0.05, 0.1) is 12.4 Å². The van der Waals surface area contributed by atoms with Gasteiger partial charge in [-0.3, -0.25) is 9.59 Å². The van der Waals surface area contributed by atoms with Gasteiger partial charge in [-0.2, -0.15) is 0 Å². The monoisotopic (exact) mass is 312 g/mol. The summed E-state index contributed by atoms with van der Waals surface area (Å²) in [5, 5.41) is 5.74. The van der Waals surface area contributed by atoms with Crippen molar-refractivity contribution in [2.75, 3.05) is 6.54 Å². The summed E-state index contributed by atoms with van der Waals surface area (Å²) in [4.78, 5) is 31.3. The van der Waals surface area contributed by atoms with Gasteiger partial charge in [-0.25, -0.2) is 4.98 Å². The maximum absolute atomic E-state index is 12.5. The topological polar surface area (TPSA) is 86.9 Å². The van der Waals surface area contributed by atoms with E-state index in [0.29, 0.717) is 6.54 Å². The van der Waals surface area contributed by atoms with Crippen molar-refractivity contribution in [2.45, 2.75) is 32.2 Å². The molecule has 2 amide bonds. The number of nitrogens with one attached hydrogen (secondary N) is 3. The second kappa shape index (κ2) is 6.64. The third kappa shape index (κ3) is 3.11. The second-order valence-electron chi connectivity index (χ2n) is 5.65. The van der Waals surface area contributed by atoms with Gasteiger partial charge in [0.1, 0.15) is 5.69 Å².